The largest absolute Gasteiger partial charge is 0.393 e. The molecule has 3 N–H and O–H groups in total. The molecule has 3 rings (SSSR count). The summed E-state index contributed by atoms with van der Waals surface area (Å²) in [6, 6.07) is 6.68. The molecule has 1 aliphatic heterocycles. The third-order valence-corrected chi connectivity index (χ3v) is 4.18. The predicted octanol–water partition coefficient (Wildman–Crippen LogP) is 1.85. The zero-order valence-corrected chi connectivity index (χ0v) is 12.5. The van der Waals surface area contributed by atoms with Crippen molar-refractivity contribution in [2.45, 2.75) is 12.0 Å². The lowest BCUT2D eigenvalue weighted by molar-refractivity contribution is -0.00245. The van der Waals surface area contributed by atoms with E-state index in [0.717, 1.165) is 5.39 Å². The fourth-order valence-corrected chi connectivity index (χ4v) is 2.81. The van der Waals surface area contributed by atoms with Crippen LogP contribution in [0.15, 0.2) is 30.5 Å². The highest BCUT2D eigenvalue weighted by Crippen LogP contribution is 2.29. The summed E-state index contributed by atoms with van der Waals surface area (Å²) >= 11 is 6.10. The standard InChI is InChI=1S/C15H16ClN3O3/c16-11-3-4-12(10-2-1-6-17-13(10)11)18-14(21)19-7-5-15(22,8-19)9-20/h1-4,6,20,22H,5,7-9H2,(H,18,21)/t15-/m0/s1. The van der Waals surface area contributed by atoms with E-state index in [1.807, 2.05) is 6.07 Å². The summed E-state index contributed by atoms with van der Waals surface area (Å²) in [5.74, 6) is 0. The molecule has 2 aromatic rings. The molecule has 2 amide bonds. The summed E-state index contributed by atoms with van der Waals surface area (Å²) in [5.41, 5.74) is 0.0215. The van der Waals surface area contributed by atoms with Crippen LogP contribution >= 0.6 is 11.6 Å². The number of nitrogens with zero attached hydrogens (tertiary/aromatic N) is 2. The highest BCUT2D eigenvalue weighted by atomic mass is 35.5. The first-order chi connectivity index (χ1) is 10.5. The van der Waals surface area contributed by atoms with Gasteiger partial charge in [0.15, 0.2) is 0 Å². The van der Waals surface area contributed by atoms with Gasteiger partial charge in [-0.3, -0.25) is 4.98 Å². The monoisotopic (exact) mass is 321 g/mol. The second-order valence-electron chi connectivity index (χ2n) is 5.48. The van der Waals surface area contributed by atoms with Crippen molar-refractivity contribution in [3.05, 3.63) is 35.5 Å². The first kappa shape index (κ1) is 15.0. The Morgan fingerprint density at radius 2 is 2.27 bits per heavy atom. The molecule has 0 spiro atoms. The van der Waals surface area contributed by atoms with E-state index in [-0.39, 0.29) is 19.2 Å². The molecule has 0 bridgehead atoms. The van der Waals surface area contributed by atoms with Gasteiger partial charge in [-0.2, -0.15) is 0 Å². The number of hydrogen-bond acceptors (Lipinski definition) is 4. The summed E-state index contributed by atoms with van der Waals surface area (Å²) in [6.45, 7) is 0.149. The number of fused-ring (bicyclic) bond motifs is 1. The molecule has 0 aliphatic carbocycles. The minimum atomic E-state index is -1.21. The van der Waals surface area contributed by atoms with Crippen molar-refractivity contribution in [3.63, 3.8) is 0 Å². The van der Waals surface area contributed by atoms with Gasteiger partial charge < -0.3 is 20.4 Å². The van der Waals surface area contributed by atoms with Crippen LogP contribution < -0.4 is 5.32 Å². The quantitative estimate of drug-likeness (QED) is 0.788. The molecule has 6 nitrogen and oxygen atoms in total. The van der Waals surface area contributed by atoms with Crippen LogP contribution in [-0.4, -0.2) is 51.4 Å². The van der Waals surface area contributed by atoms with Crippen molar-refractivity contribution in [1.29, 1.82) is 0 Å². The number of carbonyl (C=O) groups excluding carboxylic acids is 1. The Hall–Kier alpha value is -1.89. The number of benzene rings is 1. The van der Waals surface area contributed by atoms with Crippen LogP contribution in [0.2, 0.25) is 5.02 Å². The molecule has 0 unspecified atom stereocenters. The first-order valence-corrected chi connectivity index (χ1v) is 7.33. The number of hydrogen-bond donors (Lipinski definition) is 3. The molecule has 7 heteroatoms. The Bertz CT molecular complexity index is 724. The summed E-state index contributed by atoms with van der Waals surface area (Å²) in [4.78, 5) is 18.0. The molecule has 1 aromatic heterocycles. The van der Waals surface area contributed by atoms with Gasteiger partial charge >= 0.3 is 6.03 Å². The Morgan fingerprint density at radius 1 is 1.45 bits per heavy atom. The van der Waals surface area contributed by atoms with E-state index in [0.29, 0.717) is 29.2 Å². The molecular formula is C15H16ClN3O3. The normalized spacial score (nSPS) is 21.3. The van der Waals surface area contributed by atoms with Crippen molar-refractivity contribution in [3.8, 4) is 0 Å². The molecule has 1 aromatic carbocycles. The molecule has 116 valence electrons. The second kappa shape index (κ2) is 5.72. The fourth-order valence-electron chi connectivity index (χ4n) is 2.60. The van der Waals surface area contributed by atoms with E-state index < -0.39 is 5.60 Å². The van der Waals surface area contributed by atoms with Crippen LogP contribution in [0, 0.1) is 0 Å². The minimum absolute atomic E-state index is 0.110. The highest BCUT2D eigenvalue weighted by Gasteiger charge is 2.37. The highest BCUT2D eigenvalue weighted by molar-refractivity contribution is 6.35. The average molecular weight is 322 g/mol. The van der Waals surface area contributed by atoms with E-state index in [9.17, 15) is 9.90 Å². The van der Waals surface area contributed by atoms with E-state index >= 15 is 0 Å². The number of urea groups is 1. The number of pyridine rings is 1. The summed E-state index contributed by atoms with van der Waals surface area (Å²) in [6.07, 6.45) is 2.00. The zero-order chi connectivity index (χ0) is 15.7. The van der Waals surface area contributed by atoms with Crippen LogP contribution in [0.25, 0.3) is 10.9 Å². The van der Waals surface area contributed by atoms with Gasteiger partial charge in [-0.15, -0.1) is 0 Å². The van der Waals surface area contributed by atoms with Crippen molar-refractivity contribution in [1.82, 2.24) is 9.88 Å². The number of aliphatic hydroxyl groups is 2. The molecule has 0 radical (unpaired) electrons. The number of likely N-dealkylation sites (tertiary alicyclic amines) is 1. The Morgan fingerprint density at radius 3 is 3.00 bits per heavy atom. The molecule has 0 saturated carbocycles. The summed E-state index contributed by atoms with van der Waals surface area (Å²) in [7, 11) is 0. The number of carbonyl (C=O) groups is 1. The van der Waals surface area contributed by atoms with E-state index in [4.69, 9.17) is 16.7 Å². The number of anilines is 1. The third-order valence-electron chi connectivity index (χ3n) is 3.88. The maximum Gasteiger partial charge on any atom is 0.321 e. The number of β-amino-alcohol motifs (C(OH)–C–C–N with tert-alkyl or cyclic N) is 1. The Balaban J connectivity index is 1.82. The SMILES string of the molecule is O=C(Nc1ccc(Cl)c2ncccc12)N1CC[C@@](O)(CO)C1. The molecule has 1 saturated heterocycles. The predicted molar refractivity (Wildman–Crippen MR) is 84.0 cm³/mol. The number of nitrogens with one attached hydrogen (secondary N) is 1. The summed E-state index contributed by atoms with van der Waals surface area (Å²) < 4.78 is 0. The number of aliphatic hydroxyl groups excluding tert-OH is 1. The van der Waals surface area contributed by atoms with Gasteiger partial charge in [0.05, 0.1) is 29.4 Å². The van der Waals surface area contributed by atoms with Crippen molar-refractivity contribution < 1.29 is 15.0 Å². The maximum absolute atomic E-state index is 12.3. The van der Waals surface area contributed by atoms with Gasteiger partial charge in [-0.25, -0.2) is 4.79 Å². The van der Waals surface area contributed by atoms with Crippen LogP contribution in [-0.2, 0) is 0 Å². The molecule has 2 heterocycles. The average Bonchev–Trinajstić information content (AvgIpc) is 2.94. The van der Waals surface area contributed by atoms with Gasteiger partial charge in [-0.05, 0) is 30.7 Å². The van der Waals surface area contributed by atoms with Crippen molar-refractivity contribution in [2.24, 2.45) is 0 Å². The van der Waals surface area contributed by atoms with Gasteiger partial charge in [-0.1, -0.05) is 11.6 Å². The number of halogens is 1. The van der Waals surface area contributed by atoms with Gasteiger partial charge in [0, 0.05) is 18.1 Å². The van der Waals surface area contributed by atoms with Crippen LogP contribution in [0.1, 0.15) is 6.42 Å². The molecule has 1 atom stereocenters. The van der Waals surface area contributed by atoms with Crippen molar-refractivity contribution in [2.75, 3.05) is 25.0 Å². The maximum atomic E-state index is 12.3. The zero-order valence-electron chi connectivity index (χ0n) is 11.8. The van der Waals surface area contributed by atoms with Crippen LogP contribution in [0.4, 0.5) is 10.5 Å². The Labute approximate surface area is 132 Å². The molecule has 1 fully saturated rings. The number of rotatable bonds is 2. The van der Waals surface area contributed by atoms with Crippen molar-refractivity contribution >= 4 is 34.2 Å². The van der Waals surface area contributed by atoms with E-state index in [2.05, 4.69) is 10.3 Å². The van der Waals surface area contributed by atoms with Gasteiger partial charge in [0.25, 0.3) is 0 Å². The molecule has 22 heavy (non-hydrogen) atoms. The first-order valence-electron chi connectivity index (χ1n) is 6.95. The molecular weight excluding hydrogens is 306 g/mol. The van der Waals surface area contributed by atoms with E-state index in [1.165, 1.54) is 4.90 Å². The van der Waals surface area contributed by atoms with Crippen LogP contribution in [0.3, 0.4) is 0 Å². The topological polar surface area (TPSA) is 85.7 Å². The third kappa shape index (κ3) is 2.72. The Kier molecular flexibility index (Phi) is 3.90. The fraction of sp³-hybridized carbons (Fsp3) is 0.333. The van der Waals surface area contributed by atoms with Gasteiger partial charge in [0.2, 0.25) is 0 Å². The number of aromatic nitrogens is 1. The lowest BCUT2D eigenvalue weighted by Gasteiger charge is -2.21. The summed E-state index contributed by atoms with van der Waals surface area (Å²) in [5, 5.41) is 23.2. The smallest absolute Gasteiger partial charge is 0.321 e. The van der Waals surface area contributed by atoms with Gasteiger partial charge in [0.1, 0.15) is 5.60 Å². The van der Waals surface area contributed by atoms with E-state index in [1.54, 1.807) is 24.4 Å². The second-order valence-corrected chi connectivity index (χ2v) is 5.89. The number of amides is 2. The minimum Gasteiger partial charge on any atom is -0.393 e. The molecule has 1 aliphatic rings. The van der Waals surface area contributed by atoms with Crippen LogP contribution in [0.5, 0.6) is 0 Å². The lowest BCUT2D eigenvalue weighted by Crippen LogP contribution is -2.40. The lowest BCUT2D eigenvalue weighted by atomic mass is 10.1.